The van der Waals surface area contributed by atoms with Gasteiger partial charge in [-0.3, -0.25) is 0 Å². The van der Waals surface area contributed by atoms with E-state index in [1.165, 1.54) is 12.1 Å². The number of hydrogen-bond donors (Lipinski definition) is 1. The lowest BCUT2D eigenvalue weighted by Gasteiger charge is -2.18. The molecule has 0 aliphatic rings. The maximum Gasteiger partial charge on any atom is 0.128 e. The Morgan fingerprint density at radius 1 is 0.889 bits per heavy atom. The summed E-state index contributed by atoms with van der Waals surface area (Å²) in [5.41, 5.74) is 0.868. The molecule has 0 spiro atoms. The fourth-order valence-corrected chi connectivity index (χ4v) is 1.89. The first-order chi connectivity index (χ1) is 8.61. The molecule has 18 heavy (non-hydrogen) atoms. The summed E-state index contributed by atoms with van der Waals surface area (Å²) in [6.07, 6.45) is 0. The Hall–Kier alpha value is -1.81. The van der Waals surface area contributed by atoms with E-state index in [9.17, 15) is 13.2 Å². The lowest BCUT2D eigenvalue weighted by molar-refractivity contribution is 0.557. The average Bonchev–Trinajstić information content (AvgIpc) is 2.37. The van der Waals surface area contributed by atoms with Crippen LogP contribution in [-0.2, 0) is 0 Å². The molecule has 1 N–H and O–H groups in total. The minimum atomic E-state index is -0.513. The number of hydrogen-bond acceptors (Lipinski definition) is 1. The minimum absolute atomic E-state index is 0.198. The molecule has 0 aliphatic carbocycles. The number of rotatable bonds is 3. The van der Waals surface area contributed by atoms with Crippen LogP contribution in [0.3, 0.4) is 0 Å². The Labute approximate surface area is 103 Å². The van der Waals surface area contributed by atoms with Crippen LogP contribution in [0.15, 0.2) is 42.5 Å². The molecule has 0 heterocycles. The molecule has 2 rings (SSSR count). The monoisotopic (exact) mass is 251 g/mol. The summed E-state index contributed by atoms with van der Waals surface area (Å²) in [6.45, 7) is 0. The van der Waals surface area contributed by atoms with Crippen molar-refractivity contribution in [2.45, 2.75) is 6.04 Å². The van der Waals surface area contributed by atoms with Crippen LogP contribution in [0.1, 0.15) is 17.2 Å². The van der Waals surface area contributed by atoms with Crippen molar-refractivity contribution in [3.63, 3.8) is 0 Å². The highest BCUT2D eigenvalue weighted by Crippen LogP contribution is 2.25. The maximum atomic E-state index is 13.7. The minimum Gasteiger partial charge on any atom is -0.309 e. The molecule has 2 aromatic rings. The fourth-order valence-electron chi connectivity index (χ4n) is 1.89. The van der Waals surface area contributed by atoms with Gasteiger partial charge in [0.1, 0.15) is 17.5 Å². The highest BCUT2D eigenvalue weighted by atomic mass is 19.1. The summed E-state index contributed by atoms with van der Waals surface area (Å²) >= 11 is 0. The van der Waals surface area contributed by atoms with Crippen LogP contribution < -0.4 is 5.32 Å². The number of benzene rings is 2. The molecule has 94 valence electrons. The van der Waals surface area contributed by atoms with E-state index in [2.05, 4.69) is 5.32 Å². The fraction of sp³-hybridized carbons (Fsp3) is 0.143. The Morgan fingerprint density at radius 2 is 1.50 bits per heavy atom. The summed E-state index contributed by atoms with van der Waals surface area (Å²) in [7, 11) is 1.64. The van der Waals surface area contributed by atoms with Gasteiger partial charge >= 0.3 is 0 Å². The first-order valence-electron chi connectivity index (χ1n) is 5.49. The zero-order valence-corrected chi connectivity index (χ0v) is 9.75. The van der Waals surface area contributed by atoms with Gasteiger partial charge in [-0.05, 0) is 42.9 Å². The Kier molecular flexibility index (Phi) is 3.67. The molecule has 0 aliphatic heterocycles. The second-order valence-electron chi connectivity index (χ2n) is 3.94. The predicted octanol–water partition coefficient (Wildman–Crippen LogP) is 3.41. The topological polar surface area (TPSA) is 12.0 Å². The zero-order valence-electron chi connectivity index (χ0n) is 9.75. The van der Waals surface area contributed by atoms with Crippen molar-refractivity contribution >= 4 is 0 Å². The molecule has 0 bridgehead atoms. The molecule has 0 saturated heterocycles. The van der Waals surface area contributed by atoms with Gasteiger partial charge in [0, 0.05) is 5.56 Å². The van der Waals surface area contributed by atoms with Gasteiger partial charge in [0.2, 0.25) is 0 Å². The van der Waals surface area contributed by atoms with Gasteiger partial charge in [-0.25, -0.2) is 13.2 Å². The summed E-state index contributed by atoms with van der Waals surface area (Å²) in [6, 6.07) is 8.44. The van der Waals surface area contributed by atoms with E-state index < -0.39 is 17.7 Å². The molecule has 0 aromatic heterocycles. The van der Waals surface area contributed by atoms with Crippen LogP contribution in [-0.4, -0.2) is 7.05 Å². The molecule has 1 unspecified atom stereocenters. The van der Waals surface area contributed by atoms with Gasteiger partial charge in [-0.1, -0.05) is 12.1 Å². The third kappa shape index (κ3) is 2.54. The quantitative estimate of drug-likeness (QED) is 0.881. The summed E-state index contributed by atoms with van der Waals surface area (Å²) in [4.78, 5) is 0. The third-order valence-corrected chi connectivity index (χ3v) is 2.76. The molecule has 1 atom stereocenters. The van der Waals surface area contributed by atoms with Crippen molar-refractivity contribution in [1.82, 2.24) is 5.32 Å². The highest BCUT2D eigenvalue weighted by Gasteiger charge is 2.16. The van der Waals surface area contributed by atoms with Gasteiger partial charge in [-0.15, -0.1) is 0 Å². The third-order valence-electron chi connectivity index (χ3n) is 2.76. The van der Waals surface area contributed by atoms with Crippen LogP contribution in [0.5, 0.6) is 0 Å². The molecule has 1 nitrogen and oxygen atoms in total. The van der Waals surface area contributed by atoms with Gasteiger partial charge < -0.3 is 5.32 Å². The summed E-state index contributed by atoms with van der Waals surface area (Å²) in [5.74, 6) is -1.37. The summed E-state index contributed by atoms with van der Waals surface area (Å²) in [5, 5.41) is 2.89. The van der Waals surface area contributed by atoms with Crippen molar-refractivity contribution < 1.29 is 13.2 Å². The van der Waals surface area contributed by atoms with Crippen LogP contribution >= 0.6 is 0 Å². The largest absolute Gasteiger partial charge is 0.309 e. The maximum absolute atomic E-state index is 13.7. The molecule has 0 saturated carbocycles. The van der Waals surface area contributed by atoms with Gasteiger partial charge in [-0.2, -0.15) is 0 Å². The lowest BCUT2D eigenvalue weighted by atomic mass is 9.98. The van der Waals surface area contributed by atoms with Crippen LogP contribution in [0.2, 0.25) is 0 Å². The molecule has 0 radical (unpaired) electrons. The van der Waals surface area contributed by atoms with Crippen LogP contribution in [0, 0.1) is 17.5 Å². The van der Waals surface area contributed by atoms with Gasteiger partial charge in [0.15, 0.2) is 0 Å². The Balaban J connectivity index is 2.44. The molecule has 2 aromatic carbocycles. The van der Waals surface area contributed by atoms with Crippen LogP contribution in [0.25, 0.3) is 0 Å². The molecule has 0 amide bonds. The second-order valence-corrected chi connectivity index (χ2v) is 3.94. The second kappa shape index (κ2) is 5.23. The molecular weight excluding hydrogens is 239 g/mol. The molecule has 0 fully saturated rings. The number of nitrogens with one attached hydrogen (secondary N) is 1. The lowest BCUT2D eigenvalue weighted by Crippen LogP contribution is -2.19. The molecular formula is C14H12F3N. The Morgan fingerprint density at radius 3 is 2.11 bits per heavy atom. The first-order valence-corrected chi connectivity index (χ1v) is 5.49. The standard InChI is InChI=1S/C14H12F3N/c1-18-14(9-2-4-10(15)5-3-9)12-8-11(16)6-7-13(12)17/h2-8,14,18H,1H3. The first kappa shape index (κ1) is 12.6. The van der Waals surface area contributed by atoms with Crippen molar-refractivity contribution in [2.24, 2.45) is 0 Å². The van der Waals surface area contributed by atoms with Crippen LogP contribution in [0.4, 0.5) is 13.2 Å². The highest BCUT2D eigenvalue weighted by molar-refractivity contribution is 5.33. The Bertz CT molecular complexity index is 537. The van der Waals surface area contributed by atoms with E-state index in [0.717, 1.165) is 18.2 Å². The van der Waals surface area contributed by atoms with E-state index in [1.54, 1.807) is 19.2 Å². The van der Waals surface area contributed by atoms with E-state index >= 15 is 0 Å². The average molecular weight is 251 g/mol. The normalized spacial score (nSPS) is 12.4. The summed E-state index contributed by atoms with van der Waals surface area (Å²) < 4.78 is 39.7. The van der Waals surface area contributed by atoms with E-state index in [-0.39, 0.29) is 11.4 Å². The van der Waals surface area contributed by atoms with E-state index in [1.807, 2.05) is 0 Å². The zero-order chi connectivity index (χ0) is 13.1. The van der Waals surface area contributed by atoms with Crippen molar-refractivity contribution in [2.75, 3.05) is 7.05 Å². The van der Waals surface area contributed by atoms with Crippen molar-refractivity contribution in [3.8, 4) is 0 Å². The van der Waals surface area contributed by atoms with Gasteiger partial charge in [0.05, 0.1) is 6.04 Å². The SMILES string of the molecule is CNC(c1ccc(F)cc1)c1cc(F)ccc1F. The smallest absolute Gasteiger partial charge is 0.128 e. The molecule has 4 heteroatoms. The van der Waals surface area contributed by atoms with E-state index in [0.29, 0.717) is 5.56 Å². The van der Waals surface area contributed by atoms with Crippen molar-refractivity contribution in [1.29, 1.82) is 0 Å². The van der Waals surface area contributed by atoms with Crippen molar-refractivity contribution in [3.05, 3.63) is 71.0 Å². The predicted molar refractivity (Wildman–Crippen MR) is 63.7 cm³/mol. The van der Waals surface area contributed by atoms with Gasteiger partial charge in [0.25, 0.3) is 0 Å². The van der Waals surface area contributed by atoms with E-state index in [4.69, 9.17) is 0 Å². The number of halogens is 3.